The average molecular weight is 172 g/mol. The first-order valence-electron chi connectivity index (χ1n) is 4.47. The Kier molecular flexibility index (Phi) is 4.90. The summed E-state index contributed by atoms with van der Waals surface area (Å²) in [5, 5.41) is 0. The predicted molar refractivity (Wildman–Crippen MR) is 50.4 cm³/mol. The maximum Gasteiger partial charge on any atom is 0.218 e. The fourth-order valence-electron chi connectivity index (χ4n) is 1.35. The van der Waals surface area contributed by atoms with Gasteiger partial charge in [0.2, 0.25) is 5.91 Å². The van der Waals surface area contributed by atoms with Gasteiger partial charge in [0.05, 0.1) is 0 Å². The van der Waals surface area contributed by atoms with Crippen molar-refractivity contribution in [1.29, 1.82) is 0 Å². The Balaban J connectivity index is 3.76. The second-order valence-electron chi connectivity index (χ2n) is 3.94. The molecule has 12 heavy (non-hydrogen) atoms. The summed E-state index contributed by atoms with van der Waals surface area (Å²) in [6.07, 6.45) is 1.35. The molecule has 0 aliphatic heterocycles. The average Bonchev–Trinajstić information content (AvgIpc) is 1.84. The van der Waals surface area contributed by atoms with E-state index in [4.69, 9.17) is 11.5 Å². The lowest BCUT2D eigenvalue weighted by molar-refractivity contribution is -0.118. The number of carbonyl (C=O) groups is 1. The first-order valence-corrected chi connectivity index (χ1v) is 4.47. The zero-order valence-electron chi connectivity index (χ0n) is 8.21. The van der Waals surface area contributed by atoms with Crippen LogP contribution in [-0.2, 0) is 4.79 Å². The monoisotopic (exact) mass is 172 g/mol. The van der Waals surface area contributed by atoms with E-state index in [0.29, 0.717) is 18.3 Å². The molecule has 1 amide bonds. The topological polar surface area (TPSA) is 69.1 Å². The Hall–Kier alpha value is -0.570. The van der Waals surface area contributed by atoms with Gasteiger partial charge in [-0.05, 0) is 18.3 Å². The van der Waals surface area contributed by atoms with Crippen molar-refractivity contribution in [2.24, 2.45) is 23.3 Å². The lowest BCUT2D eigenvalue weighted by Gasteiger charge is -2.20. The van der Waals surface area contributed by atoms with Crippen molar-refractivity contribution >= 4 is 5.91 Å². The Morgan fingerprint density at radius 2 is 1.83 bits per heavy atom. The van der Waals surface area contributed by atoms with Crippen LogP contribution >= 0.6 is 0 Å². The molecule has 0 rings (SSSR count). The van der Waals surface area contributed by atoms with Gasteiger partial charge >= 0.3 is 0 Å². The van der Waals surface area contributed by atoms with Gasteiger partial charge in [-0.25, -0.2) is 0 Å². The third-order valence-corrected chi connectivity index (χ3v) is 2.01. The number of hydrogen-bond donors (Lipinski definition) is 2. The smallest absolute Gasteiger partial charge is 0.218 e. The number of amides is 1. The number of primary amides is 1. The zero-order valence-corrected chi connectivity index (χ0v) is 8.21. The van der Waals surface area contributed by atoms with Crippen molar-refractivity contribution in [2.45, 2.75) is 39.7 Å². The summed E-state index contributed by atoms with van der Waals surface area (Å²) in [7, 11) is 0. The molecule has 0 saturated heterocycles. The van der Waals surface area contributed by atoms with Crippen molar-refractivity contribution in [3.63, 3.8) is 0 Å². The molecule has 0 aromatic carbocycles. The molecule has 0 fully saturated rings. The van der Waals surface area contributed by atoms with Gasteiger partial charge in [0.15, 0.2) is 0 Å². The van der Waals surface area contributed by atoms with Gasteiger partial charge in [0.25, 0.3) is 0 Å². The lowest BCUT2D eigenvalue weighted by Crippen LogP contribution is -2.33. The van der Waals surface area contributed by atoms with Gasteiger partial charge in [-0.3, -0.25) is 4.79 Å². The minimum absolute atomic E-state index is 0.0788. The predicted octanol–water partition coefficient (Wildman–Crippen LogP) is 0.871. The van der Waals surface area contributed by atoms with Gasteiger partial charge in [-0.15, -0.1) is 0 Å². The number of hydrogen-bond acceptors (Lipinski definition) is 2. The van der Waals surface area contributed by atoms with Crippen LogP contribution in [0.5, 0.6) is 0 Å². The SMILES string of the molecule is CC(C)CC(C)C(N)CC(N)=O. The largest absolute Gasteiger partial charge is 0.370 e. The van der Waals surface area contributed by atoms with Gasteiger partial charge in [0, 0.05) is 12.5 Å². The highest BCUT2D eigenvalue weighted by atomic mass is 16.1. The highest BCUT2D eigenvalue weighted by molar-refractivity contribution is 5.74. The van der Waals surface area contributed by atoms with E-state index in [1.807, 2.05) is 0 Å². The molecule has 3 nitrogen and oxygen atoms in total. The Morgan fingerprint density at radius 1 is 1.33 bits per heavy atom. The molecule has 2 atom stereocenters. The second-order valence-corrected chi connectivity index (χ2v) is 3.94. The standard InChI is InChI=1S/C9H20N2O/c1-6(2)4-7(3)8(10)5-9(11)12/h6-8H,4-5,10H2,1-3H3,(H2,11,12). The van der Waals surface area contributed by atoms with E-state index in [0.717, 1.165) is 6.42 Å². The van der Waals surface area contributed by atoms with Crippen molar-refractivity contribution < 1.29 is 4.79 Å². The fourth-order valence-corrected chi connectivity index (χ4v) is 1.35. The van der Waals surface area contributed by atoms with Crippen molar-refractivity contribution in [1.82, 2.24) is 0 Å². The Labute approximate surface area is 74.5 Å². The summed E-state index contributed by atoms with van der Waals surface area (Å²) in [5.74, 6) is 0.689. The van der Waals surface area contributed by atoms with Crippen molar-refractivity contribution in [3.8, 4) is 0 Å². The maximum atomic E-state index is 10.5. The summed E-state index contributed by atoms with van der Waals surface area (Å²) in [5.41, 5.74) is 10.8. The summed E-state index contributed by atoms with van der Waals surface area (Å²) < 4.78 is 0. The van der Waals surface area contributed by atoms with Crippen LogP contribution in [0, 0.1) is 11.8 Å². The normalized spacial score (nSPS) is 16.1. The van der Waals surface area contributed by atoms with E-state index in [2.05, 4.69) is 20.8 Å². The molecule has 0 aliphatic rings. The van der Waals surface area contributed by atoms with E-state index >= 15 is 0 Å². The van der Waals surface area contributed by atoms with Crippen molar-refractivity contribution in [3.05, 3.63) is 0 Å². The molecule has 0 aliphatic carbocycles. The molecule has 0 aromatic heterocycles. The molecule has 3 heteroatoms. The van der Waals surface area contributed by atoms with Crippen LogP contribution in [-0.4, -0.2) is 11.9 Å². The molecule has 2 unspecified atom stereocenters. The molecule has 0 saturated carbocycles. The maximum absolute atomic E-state index is 10.5. The summed E-state index contributed by atoms with van der Waals surface area (Å²) in [6.45, 7) is 6.36. The summed E-state index contributed by atoms with van der Waals surface area (Å²) in [4.78, 5) is 10.5. The molecular weight excluding hydrogens is 152 g/mol. The number of nitrogens with two attached hydrogens (primary N) is 2. The third kappa shape index (κ3) is 5.13. The van der Waals surface area contributed by atoms with Gasteiger partial charge < -0.3 is 11.5 Å². The molecule has 72 valence electrons. The van der Waals surface area contributed by atoms with Gasteiger partial charge in [0.1, 0.15) is 0 Å². The Bertz CT molecular complexity index is 145. The van der Waals surface area contributed by atoms with E-state index < -0.39 is 0 Å². The molecule has 4 N–H and O–H groups in total. The third-order valence-electron chi connectivity index (χ3n) is 2.01. The minimum Gasteiger partial charge on any atom is -0.370 e. The first kappa shape index (κ1) is 11.4. The Morgan fingerprint density at radius 3 is 2.17 bits per heavy atom. The lowest BCUT2D eigenvalue weighted by atomic mass is 9.91. The molecule has 0 radical (unpaired) electrons. The van der Waals surface area contributed by atoms with Crippen LogP contribution in [0.4, 0.5) is 0 Å². The van der Waals surface area contributed by atoms with Gasteiger partial charge in [-0.1, -0.05) is 20.8 Å². The van der Waals surface area contributed by atoms with Crippen LogP contribution in [0.25, 0.3) is 0 Å². The zero-order chi connectivity index (χ0) is 9.72. The first-order chi connectivity index (χ1) is 5.43. The quantitative estimate of drug-likeness (QED) is 0.646. The summed E-state index contributed by atoms with van der Waals surface area (Å²) >= 11 is 0. The molecular formula is C9H20N2O. The highest BCUT2D eigenvalue weighted by Crippen LogP contribution is 2.15. The molecule has 0 bridgehead atoms. The fraction of sp³-hybridized carbons (Fsp3) is 0.889. The van der Waals surface area contributed by atoms with Gasteiger partial charge in [-0.2, -0.15) is 0 Å². The second kappa shape index (κ2) is 5.14. The molecule has 0 aromatic rings. The highest BCUT2D eigenvalue weighted by Gasteiger charge is 2.15. The number of carbonyl (C=O) groups excluding carboxylic acids is 1. The van der Waals surface area contributed by atoms with Crippen LogP contribution in [0.15, 0.2) is 0 Å². The van der Waals surface area contributed by atoms with E-state index in [9.17, 15) is 4.79 Å². The van der Waals surface area contributed by atoms with E-state index in [-0.39, 0.29) is 11.9 Å². The summed E-state index contributed by atoms with van der Waals surface area (Å²) in [6, 6.07) is -0.0788. The molecule has 0 spiro atoms. The minimum atomic E-state index is -0.307. The van der Waals surface area contributed by atoms with Crippen LogP contribution in [0.3, 0.4) is 0 Å². The van der Waals surface area contributed by atoms with Crippen LogP contribution < -0.4 is 11.5 Å². The number of rotatable bonds is 5. The van der Waals surface area contributed by atoms with E-state index in [1.54, 1.807) is 0 Å². The van der Waals surface area contributed by atoms with Crippen LogP contribution in [0.1, 0.15) is 33.6 Å². The van der Waals surface area contributed by atoms with E-state index in [1.165, 1.54) is 0 Å². The van der Waals surface area contributed by atoms with Crippen LogP contribution in [0.2, 0.25) is 0 Å². The molecule has 0 heterocycles. The van der Waals surface area contributed by atoms with Crippen molar-refractivity contribution in [2.75, 3.05) is 0 Å².